The molecule has 8 heteroatoms. The predicted octanol–water partition coefficient (Wildman–Crippen LogP) is 4.07. The van der Waals surface area contributed by atoms with E-state index in [4.69, 9.17) is 17.0 Å². The van der Waals surface area contributed by atoms with Crippen LogP contribution < -0.4 is 10.6 Å². The van der Waals surface area contributed by atoms with Crippen molar-refractivity contribution in [3.8, 4) is 0 Å². The number of aryl methyl sites for hydroxylation is 1. The van der Waals surface area contributed by atoms with E-state index in [2.05, 4.69) is 11.7 Å². The highest BCUT2D eigenvalue weighted by molar-refractivity contribution is 7.78. The van der Waals surface area contributed by atoms with E-state index >= 15 is 0 Å². The topological polar surface area (TPSA) is 66.1 Å². The fourth-order valence-electron chi connectivity index (χ4n) is 3.36. The second kappa shape index (κ2) is 10.5. The normalized spacial score (nSPS) is 11.3. The Morgan fingerprint density at radius 3 is 2.23 bits per heavy atom. The van der Waals surface area contributed by atoms with E-state index in [1.165, 1.54) is 0 Å². The highest BCUT2D eigenvalue weighted by atomic mass is 32.1. The second-order valence-corrected chi connectivity index (χ2v) is 10.1. The molecule has 0 aliphatic carbocycles. The van der Waals surface area contributed by atoms with Crippen molar-refractivity contribution in [1.82, 2.24) is 14.3 Å². The lowest BCUT2D eigenvalue weighted by Crippen LogP contribution is -2.19. The molecule has 0 N–H and O–H groups in total. The van der Waals surface area contributed by atoms with E-state index in [0.717, 1.165) is 10.6 Å². The molecule has 1 aromatic heterocycles. The van der Waals surface area contributed by atoms with Crippen LogP contribution in [-0.2, 0) is 33.3 Å². The highest BCUT2D eigenvalue weighted by Gasteiger charge is 2.30. The van der Waals surface area contributed by atoms with Crippen LogP contribution in [0.4, 0.5) is 0 Å². The van der Waals surface area contributed by atoms with Crippen LogP contribution in [0.3, 0.4) is 0 Å². The summed E-state index contributed by atoms with van der Waals surface area (Å²) in [4.78, 5) is 11.8. The van der Waals surface area contributed by atoms with Crippen LogP contribution in [-0.4, -0.2) is 26.9 Å². The minimum absolute atomic E-state index is 0.168. The van der Waals surface area contributed by atoms with Gasteiger partial charge in [0.25, 0.3) is 0 Å². The van der Waals surface area contributed by atoms with Gasteiger partial charge in [-0.25, -0.2) is 4.68 Å². The molecule has 0 amide bonds. The molecule has 0 aliphatic heterocycles. The fraction of sp³-hybridized carbons (Fsp3) is 0.261. The molecule has 0 fully saturated rings. The van der Waals surface area contributed by atoms with Crippen molar-refractivity contribution in [2.75, 3.05) is 6.61 Å². The molecule has 6 nitrogen and oxygen atoms in total. The molecule has 0 saturated carbocycles. The molecule has 0 radical (unpaired) electrons. The molecule has 0 spiro atoms. The Morgan fingerprint density at radius 2 is 1.71 bits per heavy atom. The standard InChI is InChI=1S/C23H26N3O3PS/c1-3-16-25-21(24-26(23(25)31)17-15-22(27)29-4-2)18-30(28,19-11-7-5-8-12-19)20-13-9-6-10-14-20/h3,5-14H,1,4,15-18H2,2H3. The Bertz CT molecular complexity index is 1100. The maximum atomic E-state index is 14.4. The van der Waals surface area contributed by atoms with Crippen molar-refractivity contribution >= 4 is 35.9 Å². The van der Waals surface area contributed by atoms with Gasteiger partial charge < -0.3 is 9.30 Å². The number of carbonyl (C=O) groups excluding carboxylic acids is 1. The smallest absolute Gasteiger partial charge is 0.307 e. The van der Waals surface area contributed by atoms with Crippen LogP contribution in [0.2, 0.25) is 0 Å². The predicted molar refractivity (Wildman–Crippen MR) is 126 cm³/mol. The molecule has 0 saturated heterocycles. The van der Waals surface area contributed by atoms with Crippen LogP contribution in [0.15, 0.2) is 73.3 Å². The number of nitrogens with zero attached hydrogens (tertiary/aromatic N) is 3. The van der Waals surface area contributed by atoms with Gasteiger partial charge in [-0.05, 0) is 19.1 Å². The second-order valence-electron chi connectivity index (χ2n) is 6.95. The molecule has 1 heterocycles. The summed E-state index contributed by atoms with van der Waals surface area (Å²) in [6.45, 7) is 6.65. The number of ether oxygens (including phenoxy) is 1. The Hall–Kier alpha value is -2.76. The number of rotatable bonds is 10. The molecular weight excluding hydrogens is 429 g/mol. The molecule has 2 aromatic carbocycles. The lowest BCUT2D eigenvalue weighted by Gasteiger charge is -2.19. The Balaban J connectivity index is 2.02. The zero-order valence-corrected chi connectivity index (χ0v) is 19.2. The molecular formula is C23H26N3O3PS. The van der Waals surface area contributed by atoms with Crippen molar-refractivity contribution in [3.63, 3.8) is 0 Å². The van der Waals surface area contributed by atoms with Gasteiger partial charge in [0.15, 0.2) is 11.9 Å². The first-order chi connectivity index (χ1) is 15.0. The quantitative estimate of drug-likeness (QED) is 0.200. The first-order valence-electron chi connectivity index (χ1n) is 10.1. The van der Waals surface area contributed by atoms with Crippen LogP contribution in [0, 0.1) is 4.77 Å². The Morgan fingerprint density at radius 1 is 1.13 bits per heavy atom. The Labute approximate surface area is 187 Å². The number of allylic oxidation sites excluding steroid dienone is 1. The van der Waals surface area contributed by atoms with Crippen LogP contribution >= 0.6 is 19.4 Å². The van der Waals surface area contributed by atoms with Gasteiger partial charge in [0.2, 0.25) is 0 Å². The summed E-state index contributed by atoms with van der Waals surface area (Å²) >= 11 is 5.59. The van der Waals surface area contributed by atoms with Gasteiger partial charge in [-0.3, -0.25) is 9.36 Å². The van der Waals surface area contributed by atoms with Gasteiger partial charge in [0, 0.05) is 17.2 Å². The summed E-state index contributed by atoms with van der Waals surface area (Å²) in [5.41, 5.74) is 0. The van der Waals surface area contributed by atoms with Crippen molar-refractivity contribution in [3.05, 3.63) is 83.9 Å². The average molecular weight is 456 g/mol. The maximum absolute atomic E-state index is 14.4. The molecule has 3 rings (SSSR count). The van der Waals surface area contributed by atoms with E-state index in [1.54, 1.807) is 17.7 Å². The highest BCUT2D eigenvalue weighted by Crippen LogP contribution is 2.46. The molecule has 31 heavy (non-hydrogen) atoms. The largest absolute Gasteiger partial charge is 0.466 e. The Kier molecular flexibility index (Phi) is 7.77. The van der Waals surface area contributed by atoms with Crippen molar-refractivity contribution in [2.45, 2.75) is 32.6 Å². The fourth-order valence-corrected chi connectivity index (χ4v) is 6.27. The van der Waals surface area contributed by atoms with Gasteiger partial charge in [-0.2, -0.15) is 5.10 Å². The van der Waals surface area contributed by atoms with Gasteiger partial charge in [0.1, 0.15) is 5.82 Å². The van der Waals surface area contributed by atoms with Gasteiger partial charge in [-0.15, -0.1) is 6.58 Å². The molecule has 0 bridgehead atoms. The zero-order chi connectivity index (χ0) is 22.3. The number of hydrogen-bond donors (Lipinski definition) is 0. The molecule has 0 aliphatic rings. The average Bonchev–Trinajstić information content (AvgIpc) is 3.08. The third kappa shape index (κ3) is 5.30. The van der Waals surface area contributed by atoms with Crippen LogP contribution in [0.5, 0.6) is 0 Å². The number of carbonyl (C=O) groups is 1. The summed E-state index contributed by atoms with van der Waals surface area (Å²) in [7, 11) is -3.02. The molecule has 162 valence electrons. The molecule has 0 unspecified atom stereocenters. The van der Waals surface area contributed by atoms with E-state index in [0.29, 0.717) is 30.3 Å². The van der Waals surface area contributed by atoms with E-state index in [1.807, 2.05) is 65.2 Å². The van der Waals surface area contributed by atoms with Crippen LogP contribution in [0.25, 0.3) is 0 Å². The van der Waals surface area contributed by atoms with Gasteiger partial charge >= 0.3 is 5.97 Å². The summed E-state index contributed by atoms with van der Waals surface area (Å²) in [6.07, 6.45) is 2.11. The van der Waals surface area contributed by atoms with E-state index in [-0.39, 0.29) is 18.6 Å². The first kappa shape index (κ1) is 22.9. The number of esters is 1. The van der Waals surface area contributed by atoms with E-state index < -0.39 is 7.14 Å². The van der Waals surface area contributed by atoms with E-state index in [9.17, 15) is 9.36 Å². The number of aromatic nitrogens is 3. The maximum Gasteiger partial charge on any atom is 0.307 e. The lowest BCUT2D eigenvalue weighted by atomic mass is 10.4. The molecule has 3 aromatic rings. The summed E-state index contributed by atoms with van der Waals surface area (Å²) < 4.78 is 23.3. The monoisotopic (exact) mass is 455 g/mol. The van der Waals surface area contributed by atoms with Crippen molar-refractivity contribution in [1.29, 1.82) is 0 Å². The third-order valence-corrected chi connectivity index (χ3v) is 8.28. The third-order valence-electron chi connectivity index (χ3n) is 4.85. The minimum atomic E-state index is -3.02. The summed E-state index contributed by atoms with van der Waals surface area (Å²) in [5.74, 6) is 0.299. The van der Waals surface area contributed by atoms with Crippen molar-refractivity contribution < 1.29 is 14.1 Å². The van der Waals surface area contributed by atoms with Crippen LogP contribution in [0.1, 0.15) is 19.2 Å². The minimum Gasteiger partial charge on any atom is -0.466 e. The molecule has 0 atom stereocenters. The number of hydrogen-bond acceptors (Lipinski definition) is 5. The van der Waals surface area contributed by atoms with Crippen molar-refractivity contribution in [2.24, 2.45) is 0 Å². The van der Waals surface area contributed by atoms with Gasteiger partial charge in [-0.1, -0.05) is 66.7 Å². The summed E-state index contributed by atoms with van der Waals surface area (Å²) in [5, 5.41) is 6.17. The number of benzene rings is 2. The first-order valence-corrected chi connectivity index (χ1v) is 12.4. The zero-order valence-electron chi connectivity index (χ0n) is 17.5. The SMILES string of the molecule is C=CCn1c(CP(=O)(c2ccccc2)c2ccccc2)nn(CCC(=O)OCC)c1=S. The van der Waals surface area contributed by atoms with Gasteiger partial charge in [0.05, 0.1) is 25.7 Å². The lowest BCUT2D eigenvalue weighted by molar-refractivity contribution is -0.143. The summed E-state index contributed by atoms with van der Waals surface area (Å²) in [6, 6.07) is 18.9.